The highest BCUT2D eigenvalue weighted by Gasteiger charge is 2.29. The van der Waals surface area contributed by atoms with E-state index in [4.69, 9.17) is 10.7 Å². The molecule has 0 aliphatic carbocycles. The summed E-state index contributed by atoms with van der Waals surface area (Å²) in [7, 11) is 0. The Hall–Kier alpha value is -0.940. The zero-order valence-corrected chi connectivity index (χ0v) is 12.0. The minimum Gasteiger partial charge on any atom is -0.310 e. The van der Waals surface area contributed by atoms with Crippen LogP contribution in [0.2, 0.25) is 0 Å². The van der Waals surface area contributed by atoms with Gasteiger partial charge in [0.15, 0.2) is 5.82 Å². The van der Waals surface area contributed by atoms with Crippen LogP contribution >= 0.6 is 0 Å². The van der Waals surface area contributed by atoms with Gasteiger partial charge < -0.3 is 5.73 Å². The number of fused-ring (bicyclic) bond motifs is 1. The van der Waals surface area contributed by atoms with Crippen molar-refractivity contribution < 1.29 is 0 Å². The van der Waals surface area contributed by atoms with Gasteiger partial charge >= 0.3 is 0 Å². The summed E-state index contributed by atoms with van der Waals surface area (Å²) in [5.41, 5.74) is 6.09. The maximum atomic E-state index is 6.09. The van der Waals surface area contributed by atoms with Crippen LogP contribution in [0.1, 0.15) is 57.3 Å². The molecule has 2 aliphatic rings. The molecule has 2 N–H and O–H groups in total. The van der Waals surface area contributed by atoms with Crippen molar-refractivity contribution in [3.63, 3.8) is 0 Å². The van der Waals surface area contributed by atoms with Crippen LogP contribution in [0.4, 0.5) is 0 Å². The van der Waals surface area contributed by atoms with Gasteiger partial charge in [-0.05, 0) is 46.1 Å². The first-order chi connectivity index (χ1) is 9.15. The molecule has 1 fully saturated rings. The van der Waals surface area contributed by atoms with E-state index in [1.807, 2.05) is 4.68 Å². The Morgan fingerprint density at radius 3 is 2.89 bits per heavy atom. The second kappa shape index (κ2) is 5.21. The van der Waals surface area contributed by atoms with Crippen molar-refractivity contribution in [1.82, 2.24) is 19.7 Å². The first-order valence-corrected chi connectivity index (χ1v) is 7.61. The van der Waals surface area contributed by atoms with Gasteiger partial charge in [0.1, 0.15) is 12.0 Å². The lowest BCUT2D eigenvalue weighted by molar-refractivity contribution is 0.201. The lowest BCUT2D eigenvalue weighted by atomic mass is 10.1. The van der Waals surface area contributed by atoms with Crippen molar-refractivity contribution in [3.05, 3.63) is 11.6 Å². The maximum Gasteiger partial charge on any atom is 0.152 e. The Morgan fingerprint density at radius 1 is 1.32 bits per heavy atom. The SMILES string of the molecule is CC(C)N1CCCC1Cc1nc2n(n1)C(N)CCC2. The molecule has 0 aromatic carbocycles. The summed E-state index contributed by atoms with van der Waals surface area (Å²) in [4.78, 5) is 7.29. The molecule has 2 unspecified atom stereocenters. The Morgan fingerprint density at radius 2 is 2.16 bits per heavy atom. The Balaban J connectivity index is 1.73. The summed E-state index contributed by atoms with van der Waals surface area (Å²) in [6, 6.07) is 1.23. The largest absolute Gasteiger partial charge is 0.310 e. The van der Waals surface area contributed by atoms with Gasteiger partial charge in [-0.15, -0.1) is 0 Å². The van der Waals surface area contributed by atoms with Crippen molar-refractivity contribution >= 4 is 0 Å². The molecule has 0 saturated carbocycles. The average molecular weight is 263 g/mol. The van der Waals surface area contributed by atoms with Gasteiger partial charge in [-0.25, -0.2) is 9.67 Å². The third kappa shape index (κ3) is 2.54. The monoisotopic (exact) mass is 263 g/mol. The summed E-state index contributed by atoms with van der Waals surface area (Å²) in [5.74, 6) is 2.08. The van der Waals surface area contributed by atoms with E-state index < -0.39 is 0 Å². The first-order valence-electron chi connectivity index (χ1n) is 7.61. The number of nitrogens with two attached hydrogens (primary N) is 1. The van der Waals surface area contributed by atoms with Crippen LogP contribution in [0, 0.1) is 0 Å². The Kier molecular flexibility index (Phi) is 3.58. The number of nitrogens with zero attached hydrogens (tertiary/aromatic N) is 4. The summed E-state index contributed by atoms with van der Waals surface area (Å²) in [5, 5.41) is 4.64. The molecule has 2 atom stereocenters. The zero-order valence-electron chi connectivity index (χ0n) is 12.0. The standard InChI is InChI=1S/C14H25N5/c1-10(2)18-8-4-5-11(18)9-13-16-14-7-3-6-12(15)19(14)17-13/h10-12H,3-9,15H2,1-2H3. The smallest absolute Gasteiger partial charge is 0.152 e. The van der Waals surface area contributed by atoms with Crippen LogP contribution in [0.5, 0.6) is 0 Å². The molecule has 2 aliphatic heterocycles. The van der Waals surface area contributed by atoms with Crippen LogP contribution < -0.4 is 5.73 Å². The number of hydrogen-bond donors (Lipinski definition) is 1. The molecular weight excluding hydrogens is 238 g/mol. The van der Waals surface area contributed by atoms with E-state index in [9.17, 15) is 0 Å². The van der Waals surface area contributed by atoms with E-state index in [0.29, 0.717) is 12.1 Å². The molecule has 1 aromatic rings. The highest BCUT2D eigenvalue weighted by molar-refractivity contribution is 5.00. The van der Waals surface area contributed by atoms with Gasteiger partial charge in [0.2, 0.25) is 0 Å². The van der Waals surface area contributed by atoms with E-state index in [-0.39, 0.29) is 6.17 Å². The predicted octanol–water partition coefficient (Wildman–Crippen LogP) is 1.49. The summed E-state index contributed by atoms with van der Waals surface area (Å²) >= 11 is 0. The summed E-state index contributed by atoms with van der Waals surface area (Å²) in [6.45, 7) is 5.77. The summed E-state index contributed by atoms with van der Waals surface area (Å²) in [6.07, 6.45) is 6.78. The second-order valence-corrected chi connectivity index (χ2v) is 6.18. The minimum absolute atomic E-state index is 0.0368. The molecule has 19 heavy (non-hydrogen) atoms. The number of hydrogen-bond acceptors (Lipinski definition) is 4. The fourth-order valence-electron chi connectivity index (χ4n) is 3.49. The Bertz CT molecular complexity index is 439. The third-order valence-corrected chi connectivity index (χ3v) is 4.46. The van der Waals surface area contributed by atoms with Crippen molar-refractivity contribution in [2.24, 2.45) is 5.73 Å². The molecule has 5 heteroatoms. The van der Waals surface area contributed by atoms with Gasteiger partial charge in [-0.3, -0.25) is 4.90 Å². The van der Waals surface area contributed by atoms with E-state index in [1.54, 1.807) is 0 Å². The maximum absolute atomic E-state index is 6.09. The molecule has 0 bridgehead atoms. The molecule has 1 aromatic heterocycles. The van der Waals surface area contributed by atoms with Crippen LogP contribution in [0.25, 0.3) is 0 Å². The normalized spacial score (nSPS) is 28.0. The molecule has 0 radical (unpaired) electrons. The lowest BCUT2D eigenvalue weighted by Crippen LogP contribution is -2.37. The second-order valence-electron chi connectivity index (χ2n) is 6.18. The lowest BCUT2D eigenvalue weighted by Gasteiger charge is -2.27. The fourth-order valence-corrected chi connectivity index (χ4v) is 3.49. The number of aromatic nitrogens is 3. The number of aryl methyl sites for hydroxylation is 1. The Labute approximate surface area is 115 Å². The van der Waals surface area contributed by atoms with E-state index >= 15 is 0 Å². The molecule has 0 spiro atoms. The zero-order chi connectivity index (χ0) is 13.4. The van der Waals surface area contributed by atoms with Crippen LogP contribution in [0.15, 0.2) is 0 Å². The van der Waals surface area contributed by atoms with Crippen LogP contribution in [0.3, 0.4) is 0 Å². The van der Waals surface area contributed by atoms with E-state index in [2.05, 4.69) is 23.8 Å². The van der Waals surface area contributed by atoms with Crippen molar-refractivity contribution in [3.8, 4) is 0 Å². The molecule has 5 nitrogen and oxygen atoms in total. The minimum atomic E-state index is 0.0368. The molecule has 3 heterocycles. The molecular formula is C14H25N5. The molecule has 1 saturated heterocycles. The highest BCUT2D eigenvalue weighted by atomic mass is 15.4. The molecule has 106 valence electrons. The van der Waals surface area contributed by atoms with Crippen molar-refractivity contribution in [2.45, 2.75) is 70.6 Å². The van der Waals surface area contributed by atoms with Crippen molar-refractivity contribution in [1.29, 1.82) is 0 Å². The number of rotatable bonds is 3. The molecule has 0 amide bonds. The number of likely N-dealkylation sites (tertiary alicyclic amines) is 1. The van der Waals surface area contributed by atoms with Gasteiger partial charge in [0, 0.05) is 24.9 Å². The van der Waals surface area contributed by atoms with E-state index in [1.165, 1.54) is 19.4 Å². The first kappa shape index (κ1) is 13.1. The predicted molar refractivity (Wildman–Crippen MR) is 74.8 cm³/mol. The average Bonchev–Trinajstić information content (AvgIpc) is 2.96. The summed E-state index contributed by atoms with van der Waals surface area (Å²) < 4.78 is 1.95. The molecule has 3 rings (SSSR count). The van der Waals surface area contributed by atoms with E-state index in [0.717, 1.165) is 37.3 Å². The third-order valence-electron chi connectivity index (χ3n) is 4.46. The van der Waals surface area contributed by atoms with Crippen molar-refractivity contribution in [2.75, 3.05) is 6.54 Å². The van der Waals surface area contributed by atoms with Gasteiger partial charge in [0.25, 0.3) is 0 Å². The quantitative estimate of drug-likeness (QED) is 0.897. The highest BCUT2D eigenvalue weighted by Crippen LogP contribution is 2.24. The van der Waals surface area contributed by atoms with Crippen LogP contribution in [-0.4, -0.2) is 38.3 Å². The fraction of sp³-hybridized carbons (Fsp3) is 0.857. The van der Waals surface area contributed by atoms with Gasteiger partial charge in [-0.1, -0.05) is 0 Å². The van der Waals surface area contributed by atoms with Crippen LogP contribution in [-0.2, 0) is 12.8 Å². The van der Waals surface area contributed by atoms with Gasteiger partial charge in [0.05, 0.1) is 0 Å². The topological polar surface area (TPSA) is 60.0 Å². The van der Waals surface area contributed by atoms with Gasteiger partial charge in [-0.2, -0.15) is 5.10 Å².